The van der Waals surface area contributed by atoms with Crippen LogP contribution in [-0.2, 0) is 5.41 Å². The molecule has 0 fully saturated rings. The number of anilines is 2. The first-order valence-corrected chi connectivity index (χ1v) is 7.82. The number of aromatic nitrogens is 2. The summed E-state index contributed by atoms with van der Waals surface area (Å²) in [6.07, 6.45) is 2.06. The number of aliphatic hydroxyl groups excluding tert-OH is 1. The van der Waals surface area contributed by atoms with E-state index in [1.54, 1.807) is 0 Å². The van der Waals surface area contributed by atoms with Crippen LogP contribution in [0.15, 0.2) is 6.07 Å². The van der Waals surface area contributed by atoms with Crippen LogP contribution in [0.2, 0.25) is 0 Å². The molecule has 120 valence electrons. The molecule has 0 aliphatic carbocycles. The second-order valence-corrected chi connectivity index (χ2v) is 6.32. The first kappa shape index (κ1) is 17.7. The van der Waals surface area contributed by atoms with Gasteiger partial charge in [-0.1, -0.05) is 34.6 Å². The summed E-state index contributed by atoms with van der Waals surface area (Å²) in [5.41, 5.74) is -0.111. The van der Waals surface area contributed by atoms with Crippen LogP contribution in [0, 0.1) is 0 Å². The Balaban J connectivity index is 3.29. The third kappa shape index (κ3) is 4.56. The molecule has 0 bridgehead atoms. The molecule has 1 aromatic rings. The van der Waals surface area contributed by atoms with Gasteiger partial charge in [-0.2, -0.15) is 0 Å². The van der Waals surface area contributed by atoms with E-state index in [-0.39, 0.29) is 12.0 Å². The van der Waals surface area contributed by atoms with Crippen molar-refractivity contribution >= 4 is 11.6 Å². The first-order chi connectivity index (χ1) is 9.87. The molecule has 0 unspecified atom stereocenters. The molecule has 1 heterocycles. The molecule has 0 radical (unpaired) electrons. The Kier molecular flexibility index (Phi) is 6.40. The molecule has 0 saturated heterocycles. The number of hydrogen-bond acceptors (Lipinski definition) is 5. The molecule has 0 aliphatic heterocycles. The van der Waals surface area contributed by atoms with E-state index in [1.165, 1.54) is 0 Å². The van der Waals surface area contributed by atoms with Crippen LogP contribution < -0.4 is 10.2 Å². The highest BCUT2D eigenvalue weighted by atomic mass is 16.3. The van der Waals surface area contributed by atoms with Gasteiger partial charge < -0.3 is 15.3 Å². The van der Waals surface area contributed by atoms with Gasteiger partial charge in [-0.15, -0.1) is 0 Å². The fourth-order valence-electron chi connectivity index (χ4n) is 2.37. The van der Waals surface area contributed by atoms with Gasteiger partial charge in [0.15, 0.2) is 0 Å². The Morgan fingerprint density at radius 3 is 2.29 bits per heavy atom. The smallest absolute Gasteiger partial charge is 0.138 e. The van der Waals surface area contributed by atoms with Crippen molar-refractivity contribution in [1.82, 2.24) is 9.97 Å². The zero-order valence-electron chi connectivity index (χ0n) is 14.3. The van der Waals surface area contributed by atoms with Crippen LogP contribution in [0.4, 0.5) is 11.6 Å². The topological polar surface area (TPSA) is 61.3 Å². The fraction of sp³-hybridized carbons (Fsp3) is 0.750. The van der Waals surface area contributed by atoms with Gasteiger partial charge in [0.2, 0.25) is 0 Å². The number of rotatable bonds is 7. The summed E-state index contributed by atoms with van der Waals surface area (Å²) < 4.78 is 0. The molecular weight excluding hydrogens is 264 g/mol. The molecule has 5 heteroatoms. The zero-order valence-corrected chi connectivity index (χ0v) is 14.3. The molecule has 5 nitrogen and oxygen atoms in total. The number of aliphatic hydroxyl groups is 1. The molecule has 2 N–H and O–H groups in total. The Morgan fingerprint density at radius 2 is 1.86 bits per heavy atom. The lowest BCUT2D eigenvalue weighted by Crippen LogP contribution is -2.38. The highest BCUT2D eigenvalue weighted by Gasteiger charge is 2.23. The van der Waals surface area contributed by atoms with E-state index in [0.717, 1.165) is 30.3 Å². The normalized spacial score (nSPS) is 11.8. The third-order valence-corrected chi connectivity index (χ3v) is 3.66. The van der Waals surface area contributed by atoms with Crippen molar-refractivity contribution in [1.29, 1.82) is 0 Å². The van der Waals surface area contributed by atoms with Gasteiger partial charge >= 0.3 is 0 Å². The molecular formula is C16H30N4O. The Morgan fingerprint density at radius 1 is 1.24 bits per heavy atom. The lowest BCUT2D eigenvalue weighted by atomic mass is 9.95. The average molecular weight is 294 g/mol. The van der Waals surface area contributed by atoms with E-state index in [1.807, 2.05) is 13.1 Å². The van der Waals surface area contributed by atoms with Crippen molar-refractivity contribution in [2.24, 2.45) is 0 Å². The second-order valence-electron chi connectivity index (χ2n) is 6.32. The van der Waals surface area contributed by atoms with Crippen molar-refractivity contribution in [3.8, 4) is 0 Å². The maximum atomic E-state index is 9.39. The summed E-state index contributed by atoms with van der Waals surface area (Å²) in [5, 5.41) is 12.5. The first-order valence-electron chi connectivity index (χ1n) is 7.82. The summed E-state index contributed by atoms with van der Waals surface area (Å²) in [6, 6.07) is 2.34. The lowest BCUT2D eigenvalue weighted by molar-refractivity contribution is 0.295. The van der Waals surface area contributed by atoms with Crippen LogP contribution >= 0.6 is 0 Å². The monoisotopic (exact) mass is 294 g/mol. The lowest BCUT2D eigenvalue weighted by Gasteiger charge is -2.32. The van der Waals surface area contributed by atoms with Gasteiger partial charge in [-0.05, 0) is 12.8 Å². The highest BCUT2D eigenvalue weighted by Crippen LogP contribution is 2.26. The minimum atomic E-state index is -0.111. The van der Waals surface area contributed by atoms with Crippen molar-refractivity contribution in [2.75, 3.05) is 30.4 Å². The zero-order chi connectivity index (χ0) is 16.0. The minimum Gasteiger partial charge on any atom is -0.395 e. The van der Waals surface area contributed by atoms with E-state index in [4.69, 9.17) is 4.98 Å². The standard InChI is InChI=1S/C16H30N4O/c1-7-12(8-2)20(9-10-21)14-11-13(17-6)18-15(19-14)16(3,4)5/h11-12,21H,7-10H2,1-6H3,(H,17,18,19). The van der Waals surface area contributed by atoms with Gasteiger partial charge in [-0.25, -0.2) is 9.97 Å². The van der Waals surface area contributed by atoms with E-state index >= 15 is 0 Å². The maximum Gasteiger partial charge on any atom is 0.138 e. The van der Waals surface area contributed by atoms with Crippen LogP contribution in [0.25, 0.3) is 0 Å². The quantitative estimate of drug-likeness (QED) is 0.809. The molecule has 0 spiro atoms. The van der Waals surface area contributed by atoms with Crippen molar-refractivity contribution < 1.29 is 5.11 Å². The fourth-order valence-corrected chi connectivity index (χ4v) is 2.37. The van der Waals surface area contributed by atoms with Crippen LogP contribution in [0.5, 0.6) is 0 Å². The van der Waals surface area contributed by atoms with Gasteiger partial charge in [-0.3, -0.25) is 0 Å². The van der Waals surface area contributed by atoms with Crippen molar-refractivity contribution in [2.45, 2.75) is 58.9 Å². The predicted octanol–water partition coefficient (Wildman–Crippen LogP) is 2.80. The van der Waals surface area contributed by atoms with Gasteiger partial charge in [0, 0.05) is 31.1 Å². The van der Waals surface area contributed by atoms with Gasteiger partial charge in [0.05, 0.1) is 6.61 Å². The average Bonchev–Trinajstić information content (AvgIpc) is 2.46. The van der Waals surface area contributed by atoms with Gasteiger partial charge in [0.25, 0.3) is 0 Å². The maximum absolute atomic E-state index is 9.39. The highest BCUT2D eigenvalue weighted by molar-refractivity contribution is 5.50. The molecule has 0 saturated carbocycles. The summed E-state index contributed by atoms with van der Waals surface area (Å²) in [7, 11) is 1.87. The molecule has 0 atom stereocenters. The summed E-state index contributed by atoms with van der Waals surface area (Å²) in [6.45, 7) is 11.4. The Hall–Kier alpha value is -1.36. The predicted molar refractivity (Wildman–Crippen MR) is 89.1 cm³/mol. The van der Waals surface area contributed by atoms with E-state index in [9.17, 15) is 5.11 Å². The van der Waals surface area contributed by atoms with Crippen LogP contribution in [-0.4, -0.2) is 41.3 Å². The third-order valence-electron chi connectivity index (χ3n) is 3.66. The van der Waals surface area contributed by atoms with Crippen LogP contribution in [0.3, 0.4) is 0 Å². The molecule has 0 aromatic carbocycles. The summed E-state index contributed by atoms with van der Waals surface area (Å²) in [4.78, 5) is 11.5. The second kappa shape index (κ2) is 7.59. The Labute approximate surface area is 128 Å². The van der Waals surface area contributed by atoms with Crippen LogP contribution in [0.1, 0.15) is 53.3 Å². The van der Waals surface area contributed by atoms with E-state index in [0.29, 0.717) is 12.6 Å². The number of hydrogen-bond donors (Lipinski definition) is 2. The minimum absolute atomic E-state index is 0.111. The Bertz CT molecular complexity index is 438. The number of nitrogens with zero attached hydrogens (tertiary/aromatic N) is 3. The number of nitrogens with one attached hydrogen (secondary N) is 1. The molecule has 1 aromatic heterocycles. The molecule has 0 aliphatic rings. The summed E-state index contributed by atoms with van der Waals surface area (Å²) >= 11 is 0. The van der Waals surface area contributed by atoms with E-state index < -0.39 is 0 Å². The van der Waals surface area contributed by atoms with Crippen molar-refractivity contribution in [3.63, 3.8) is 0 Å². The SMILES string of the molecule is CCC(CC)N(CCO)c1cc(NC)nc(C(C)(C)C)n1. The van der Waals surface area contributed by atoms with E-state index in [2.05, 4.69) is 49.8 Å². The summed E-state index contributed by atoms with van der Waals surface area (Å²) in [5.74, 6) is 2.53. The van der Waals surface area contributed by atoms with Crippen molar-refractivity contribution in [3.05, 3.63) is 11.9 Å². The van der Waals surface area contributed by atoms with Gasteiger partial charge in [0.1, 0.15) is 17.5 Å². The molecule has 21 heavy (non-hydrogen) atoms. The molecule has 1 rings (SSSR count). The largest absolute Gasteiger partial charge is 0.395 e. The molecule has 0 amide bonds.